The Balaban J connectivity index is 2.38. The second-order valence-electron chi connectivity index (χ2n) is 6.71. The summed E-state index contributed by atoms with van der Waals surface area (Å²) >= 11 is 0. The van der Waals surface area contributed by atoms with E-state index in [1.807, 2.05) is 14.0 Å². The highest BCUT2D eigenvalue weighted by Gasteiger charge is 2.21. The van der Waals surface area contributed by atoms with Crippen molar-refractivity contribution in [1.29, 1.82) is 0 Å². The molecule has 2 amide bonds. The predicted octanol–water partition coefficient (Wildman–Crippen LogP) is -0.383. The maximum absolute atomic E-state index is 12.6. The van der Waals surface area contributed by atoms with Crippen molar-refractivity contribution in [3.63, 3.8) is 0 Å². The Bertz CT molecular complexity index is 522. The van der Waals surface area contributed by atoms with Crippen LogP contribution in [0.4, 0.5) is 0 Å². The fraction of sp³-hybridized carbons (Fsp3) is 0.722. The van der Waals surface area contributed by atoms with Crippen LogP contribution in [0.25, 0.3) is 0 Å². The number of nitrogens with one attached hydrogen (secondary N) is 5. The number of rotatable bonds is 15. The van der Waals surface area contributed by atoms with Gasteiger partial charge in [0.25, 0.3) is 0 Å². The minimum absolute atomic E-state index is 0.0520. The molecular formula is C18H35N7O2. The molecule has 7 N–H and O–H groups in total. The number of carbonyl (C=O) groups excluding carboxylic acids is 2. The molecule has 1 aromatic rings. The minimum Gasteiger partial charge on any atom is -0.352 e. The number of amides is 2. The van der Waals surface area contributed by atoms with Gasteiger partial charge in [-0.1, -0.05) is 0 Å². The molecule has 154 valence electrons. The molecule has 0 spiro atoms. The van der Waals surface area contributed by atoms with Crippen LogP contribution in [0.5, 0.6) is 0 Å². The van der Waals surface area contributed by atoms with Crippen molar-refractivity contribution in [3.8, 4) is 0 Å². The van der Waals surface area contributed by atoms with E-state index in [9.17, 15) is 9.59 Å². The van der Waals surface area contributed by atoms with Crippen LogP contribution in [0.1, 0.15) is 44.7 Å². The average molecular weight is 382 g/mol. The Kier molecular flexibility index (Phi) is 12.1. The number of aromatic nitrogens is 2. The van der Waals surface area contributed by atoms with Gasteiger partial charge in [0.15, 0.2) is 0 Å². The van der Waals surface area contributed by atoms with Crippen LogP contribution in [0.3, 0.4) is 0 Å². The number of nitrogens with two attached hydrogens (primary N) is 1. The third kappa shape index (κ3) is 10.7. The van der Waals surface area contributed by atoms with Crippen LogP contribution in [-0.4, -0.2) is 60.7 Å². The number of carbonyl (C=O) groups is 2. The molecule has 1 aromatic heterocycles. The van der Waals surface area contributed by atoms with Crippen LogP contribution in [0.2, 0.25) is 0 Å². The highest BCUT2D eigenvalue weighted by atomic mass is 16.2. The van der Waals surface area contributed by atoms with E-state index in [4.69, 9.17) is 5.73 Å². The Morgan fingerprint density at radius 3 is 2.74 bits per heavy atom. The lowest BCUT2D eigenvalue weighted by molar-refractivity contribution is -0.129. The summed E-state index contributed by atoms with van der Waals surface area (Å²) in [6.45, 7) is 4.13. The summed E-state index contributed by atoms with van der Waals surface area (Å²) in [6.07, 6.45) is 7.20. The summed E-state index contributed by atoms with van der Waals surface area (Å²) in [5, 5.41) is 12.1. The van der Waals surface area contributed by atoms with Gasteiger partial charge in [-0.3, -0.25) is 9.59 Å². The summed E-state index contributed by atoms with van der Waals surface area (Å²) in [5.41, 5.74) is 6.47. The zero-order valence-electron chi connectivity index (χ0n) is 16.5. The minimum atomic E-state index is -0.548. The third-order valence-electron chi connectivity index (χ3n) is 4.21. The summed E-state index contributed by atoms with van der Waals surface area (Å²) < 4.78 is 0. The van der Waals surface area contributed by atoms with Gasteiger partial charge in [-0.05, 0) is 59.2 Å². The molecule has 9 nitrogen and oxygen atoms in total. The molecule has 1 heterocycles. The number of hydrogen-bond acceptors (Lipinski definition) is 6. The summed E-state index contributed by atoms with van der Waals surface area (Å²) in [6, 6.07) is -0.496. The molecule has 2 atom stereocenters. The van der Waals surface area contributed by atoms with E-state index >= 15 is 0 Å². The Labute approximate surface area is 161 Å². The van der Waals surface area contributed by atoms with E-state index in [0.717, 1.165) is 31.7 Å². The first-order chi connectivity index (χ1) is 13.1. The van der Waals surface area contributed by atoms with Gasteiger partial charge in [0.2, 0.25) is 11.8 Å². The lowest BCUT2D eigenvalue weighted by Gasteiger charge is -2.21. The highest BCUT2D eigenvalue weighted by molar-refractivity contribution is 5.87. The van der Waals surface area contributed by atoms with Gasteiger partial charge in [0, 0.05) is 31.0 Å². The number of aromatic amines is 1. The van der Waals surface area contributed by atoms with Crippen molar-refractivity contribution < 1.29 is 9.59 Å². The van der Waals surface area contributed by atoms with Gasteiger partial charge in [0.1, 0.15) is 6.04 Å². The zero-order valence-corrected chi connectivity index (χ0v) is 16.5. The normalized spacial score (nSPS) is 13.1. The van der Waals surface area contributed by atoms with E-state index in [2.05, 4.69) is 31.2 Å². The lowest BCUT2D eigenvalue weighted by atomic mass is 10.1. The van der Waals surface area contributed by atoms with Crippen molar-refractivity contribution in [1.82, 2.24) is 31.2 Å². The molecule has 0 saturated carbocycles. The smallest absolute Gasteiger partial charge is 0.242 e. The number of H-pyrrole nitrogens is 1. The summed E-state index contributed by atoms with van der Waals surface area (Å²) in [5.74, 6) is -0.292. The lowest BCUT2D eigenvalue weighted by Crippen LogP contribution is -2.49. The van der Waals surface area contributed by atoms with Crippen molar-refractivity contribution in [2.75, 3.05) is 26.8 Å². The van der Waals surface area contributed by atoms with Crippen LogP contribution in [0.15, 0.2) is 12.5 Å². The molecule has 2 unspecified atom stereocenters. The number of imidazole rings is 1. The van der Waals surface area contributed by atoms with E-state index in [1.54, 1.807) is 12.5 Å². The first kappa shape index (κ1) is 23.1. The van der Waals surface area contributed by atoms with Crippen LogP contribution < -0.4 is 27.0 Å². The largest absolute Gasteiger partial charge is 0.352 e. The topological polar surface area (TPSA) is 137 Å². The average Bonchev–Trinajstić information content (AvgIpc) is 3.16. The molecule has 0 radical (unpaired) electrons. The Morgan fingerprint density at radius 2 is 2.07 bits per heavy atom. The molecule has 0 aliphatic heterocycles. The maximum atomic E-state index is 12.6. The van der Waals surface area contributed by atoms with Crippen molar-refractivity contribution in [2.45, 2.75) is 57.5 Å². The quantitative estimate of drug-likeness (QED) is 0.181. The first-order valence-corrected chi connectivity index (χ1v) is 9.69. The second kappa shape index (κ2) is 14.1. The van der Waals surface area contributed by atoms with Crippen molar-refractivity contribution >= 4 is 11.8 Å². The van der Waals surface area contributed by atoms with Gasteiger partial charge < -0.3 is 32.0 Å². The first-order valence-electron chi connectivity index (χ1n) is 9.69. The molecule has 1 rings (SSSR count). The highest BCUT2D eigenvalue weighted by Crippen LogP contribution is 2.03. The van der Waals surface area contributed by atoms with Gasteiger partial charge in [-0.2, -0.15) is 0 Å². The van der Waals surface area contributed by atoms with E-state index in [1.165, 1.54) is 0 Å². The van der Waals surface area contributed by atoms with Gasteiger partial charge >= 0.3 is 0 Å². The Hall–Kier alpha value is -1.97. The van der Waals surface area contributed by atoms with Crippen molar-refractivity contribution in [2.24, 2.45) is 5.73 Å². The van der Waals surface area contributed by atoms with Crippen LogP contribution in [-0.2, 0) is 16.0 Å². The molecule has 0 aliphatic carbocycles. The van der Waals surface area contributed by atoms with Gasteiger partial charge in [-0.25, -0.2) is 4.98 Å². The van der Waals surface area contributed by atoms with E-state index in [0.29, 0.717) is 32.2 Å². The fourth-order valence-electron chi connectivity index (χ4n) is 2.69. The molecule has 27 heavy (non-hydrogen) atoms. The van der Waals surface area contributed by atoms with Crippen molar-refractivity contribution in [3.05, 3.63) is 18.2 Å². The second-order valence-corrected chi connectivity index (χ2v) is 6.71. The summed E-state index contributed by atoms with van der Waals surface area (Å²) in [4.78, 5) is 31.7. The van der Waals surface area contributed by atoms with Crippen LogP contribution in [0, 0.1) is 0 Å². The van der Waals surface area contributed by atoms with Gasteiger partial charge in [0.05, 0.1) is 6.33 Å². The predicted molar refractivity (Wildman–Crippen MR) is 106 cm³/mol. The molecule has 0 aromatic carbocycles. The molecule has 0 aliphatic rings. The Morgan fingerprint density at radius 1 is 1.26 bits per heavy atom. The SMILES string of the molecule is CNCNCCCC(C)NC(=O)C(CCCN)NC(=O)CCc1cnc[nH]1. The number of aryl methyl sites for hydroxylation is 1. The van der Waals surface area contributed by atoms with E-state index < -0.39 is 6.04 Å². The summed E-state index contributed by atoms with van der Waals surface area (Å²) in [7, 11) is 1.89. The fourth-order valence-corrected chi connectivity index (χ4v) is 2.69. The standard InChI is InChI=1S/C18H35N7O2/c1-14(5-4-10-21-12-20-2)24-18(27)16(6-3-9-19)25-17(26)8-7-15-11-22-13-23-15/h11,13-14,16,20-21H,3-10,12,19H2,1-2H3,(H,22,23)(H,24,27)(H,25,26). The van der Waals surface area contributed by atoms with E-state index in [-0.39, 0.29) is 17.9 Å². The van der Waals surface area contributed by atoms with Gasteiger partial charge in [-0.15, -0.1) is 0 Å². The molecule has 0 fully saturated rings. The number of hydrogen-bond donors (Lipinski definition) is 6. The monoisotopic (exact) mass is 381 g/mol. The molecule has 0 saturated heterocycles. The maximum Gasteiger partial charge on any atom is 0.242 e. The van der Waals surface area contributed by atoms with Crippen LogP contribution >= 0.6 is 0 Å². The third-order valence-corrected chi connectivity index (χ3v) is 4.21. The molecular weight excluding hydrogens is 346 g/mol. The molecule has 0 bridgehead atoms. The number of nitrogens with zero attached hydrogens (tertiary/aromatic N) is 1. The zero-order chi connectivity index (χ0) is 19.9. The molecule has 9 heteroatoms.